The van der Waals surface area contributed by atoms with Crippen LogP contribution in [0.25, 0.3) is 12.2 Å². The number of nitrogens with two attached hydrogens (primary N) is 1. The predicted molar refractivity (Wildman–Crippen MR) is 145 cm³/mol. The molecule has 206 valence electrons. The molecule has 2 amide bonds. The summed E-state index contributed by atoms with van der Waals surface area (Å²) in [6.45, 7) is 0.926. The van der Waals surface area contributed by atoms with Crippen molar-refractivity contribution in [1.29, 1.82) is 0 Å². The van der Waals surface area contributed by atoms with Crippen LogP contribution in [-0.4, -0.2) is 72.8 Å². The molecule has 1 aliphatic rings. The summed E-state index contributed by atoms with van der Waals surface area (Å²) in [5.74, 6) is 0.793. The Morgan fingerprint density at radius 2 is 1.74 bits per heavy atom. The van der Waals surface area contributed by atoms with E-state index in [-0.39, 0.29) is 44.4 Å². The maximum absolute atomic E-state index is 13.5. The van der Waals surface area contributed by atoms with Gasteiger partial charge >= 0.3 is 0 Å². The third kappa shape index (κ3) is 8.56. The van der Waals surface area contributed by atoms with E-state index in [2.05, 4.69) is 5.32 Å². The molecule has 38 heavy (non-hydrogen) atoms. The number of anilines is 1. The van der Waals surface area contributed by atoms with Crippen molar-refractivity contribution in [2.45, 2.75) is 38.3 Å². The Hall–Kier alpha value is -3.44. The first kappa shape index (κ1) is 29.1. The lowest BCUT2D eigenvalue weighted by molar-refractivity contribution is -0.121. The number of rotatable bonds is 14. The molecule has 1 atom stereocenters. The van der Waals surface area contributed by atoms with E-state index >= 15 is 0 Å². The Balaban J connectivity index is 1.87. The van der Waals surface area contributed by atoms with Gasteiger partial charge in [-0.2, -0.15) is 0 Å². The van der Waals surface area contributed by atoms with Crippen molar-refractivity contribution in [2.24, 2.45) is 5.73 Å². The Bertz CT molecular complexity index is 1110. The molecule has 6 N–H and O–H groups in total. The second-order valence-electron chi connectivity index (χ2n) is 8.96. The number of nitrogens with one attached hydrogen (secondary N) is 1. The first-order valence-electron chi connectivity index (χ1n) is 12.8. The summed E-state index contributed by atoms with van der Waals surface area (Å²) in [6, 6.07) is 11.0. The number of nitrogens with zero attached hydrogens (tertiary/aromatic N) is 1. The van der Waals surface area contributed by atoms with Crippen LogP contribution in [0.3, 0.4) is 0 Å². The summed E-state index contributed by atoms with van der Waals surface area (Å²) in [6.07, 6.45) is 4.16. The van der Waals surface area contributed by atoms with E-state index in [1.807, 2.05) is 36.4 Å². The molecule has 10 nitrogen and oxygen atoms in total. The van der Waals surface area contributed by atoms with Crippen LogP contribution in [-0.2, 0) is 16.1 Å². The Kier molecular flexibility index (Phi) is 11.6. The first-order valence-corrected chi connectivity index (χ1v) is 12.8. The number of benzene rings is 2. The van der Waals surface area contributed by atoms with Crippen LogP contribution in [0, 0.1) is 0 Å². The minimum atomic E-state index is -1.02. The largest absolute Gasteiger partial charge is 0.493 e. The van der Waals surface area contributed by atoms with Gasteiger partial charge in [-0.15, -0.1) is 0 Å². The standard InChI is InChI=1S/C28H37N3O7/c29-11-12-30-27(35)3-1-4-28(36)31-17-22-15-24(37-14-2-13-32)9-7-20(22)5-6-21-8-10-25(16-26(21)31)38-19-23(34)18-33/h5-10,15-16,23,32-34H,1-4,11-14,17-19,29H2,(H,30,35)/b6-5-. The number of carbonyl (C=O) groups is 2. The van der Waals surface area contributed by atoms with Gasteiger partial charge in [0.25, 0.3) is 0 Å². The van der Waals surface area contributed by atoms with Gasteiger partial charge in [-0.25, -0.2) is 0 Å². The molecule has 10 heteroatoms. The van der Waals surface area contributed by atoms with Gasteiger partial charge in [0.15, 0.2) is 0 Å². The number of hydrogen-bond donors (Lipinski definition) is 5. The fraction of sp³-hybridized carbons (Fsp3) is 0.429. The fourth-order valence-electron chi connectivity index (χ4n) is 3.95. The molecule has 2 aromatic rings. The third-order valence-electron chi connectivity index (χ3n) is 5.96. The molecule has 0 saturated heterocycles. The van der Waals surface area contributed by atoms with Crippen LogP contribution in [0.5, 0.6) is 11.5 Å². The van der Waals surface area contributed by atoms with Crippen LogP contribution in [0.2, 0.25) is 0 Å². The van der Waals surface area contributed by atoms with E-state index in [0.717, 1.165) is 16.7 Å². The van der Waals surface area contributed by atoms with E-state index in [1.54, 1.807) is 17.0 Å². The molecule has 1 aliphatic heterocycles. The molecule has 2 aromatic carbocycles. The van der Waals surface area contributed by atoms with Gasteiger partial charge in [-0.1, -0.05) is 18.2 Å². The number of ether oxygens (including phenoxy) is 2. The van der Waals surface area contributed by atoms with E-state index < -0.39 is 12.7 Å². The summed E-state index contributed by atoms with van der Waals surface area (Å²) >= 11 is 0. The number of aliphatic hydroxyl groups excluding tert-OH is 3. The van der Waals surface area contributed by atoms with E-state index in [4.69, 9.17) is 25.4 Å². The lowest BCUT2D eigenvalue weighted by Gasteiger charge is -2.28. The van der Waals surface area contributed by atoms with Crippen molar-refractivity contribution in [3.05, 3.63) is 53.1 Å². The highest BCUT2D eigenvalue weighted by molar-refractivity contribution is 5.97. The SMILES string of the molecule is NCCNC(=O)CCCC(=O)N1Cc2cc(OCCCO)ccc2/C=C\c2ccc(OCC(O)CO)cc21. The van der Waals surface area contributed by atoms with Gasteiger partial charge in [0.1, 0.15) is 24.2 Å². The zero-order valence-electron chi connectivity index (χ0n) is 21.5. The number of hydrogen-bond acceptors (Lipinski definition) is 8. The van der Waals surface area contributed by atoms with Gasteiger partial charge < -0.3 is 40.7 Å². The highest BCUT2D eigenvalue weighted by Gasteiger charge is 2.23. The second-order valence-corrected chi connectivity index (χ2v) is 8.96. The first-order chi connectivity index (χ1) is 18.4. The molecule has 1 heterocycles. The van der Waals surface area contributed by atoms with Crippen molar-refractivity contribution >= 4 is 29.7 Å². The van der Waals surface area contributed by atoms with Crippen molar-refractivity contribution < 1.29 is 34.4 Å². The van der Waals surface area contributed by atoms with Gasteiger partial charge in [-0.3, -0.25) is 9.59 Å². The molecule has 3 rings (SSSR count). The van der Waals surface area contributed by atoms with Crippen molar-refractivity contribution in [2.75, 3.05) is 44.4 Å². The lowest BCUT2D eigenvalue weighted by Crippen LogP contribution is -2.32. The highest BCUT2D eigenvalue weighted by Crippen LogP contribution is 2.34. The third-order valence-corrected chi connectivity index (χ3v) is 5.96. The monoisotopic (exact) mass is 527 g/mol. The van der Waals surface area contributed by atoms with Gasteiger partial charge in [0.2, 0.25) is 11.8 Å². The molecule has 0 spiro atoms. The maximum atomic E-state index is 13.5. The smallest absolute Gasteiger partial charge is 0.227 e. The predicted octanol–water partition coefficient (Wildman–Crippen LogP) is 1.44. The Morgan fingerprint density at radius 3 is 2.47 bits per heavy atom. The van der Waals surface area contributed by atoms with E-state index in [1.165, 1.54) is 0 Å². The molecule has 0 radical (unpaired) electrons. The Labute approximate surface area is 222 Å². The van der Waals surface area contributed by atoms with Gasteiger partial charge in [0.05, 0.1) is 25.4 Å². The van der Waals surface area contributed by atoms with Crippen LogP contribution in [0.15, 0.2) is 36.4 Å². The molecular weight excluding hydrogens is 490 g/mol. The molecular formula is C28H37N3O7. The molecule has 1 unspecified atom stereocenters. The Morgan fingerprint density at radius 1 is 1.00 bits per heavy atom. The zero-order valence-corrected chi connectivity index (χ0v) is 21.5. The summed E-state index contributed by atoms with van der Waals surface area (Å²) < 4.78 is 11.4. The fourth-order valence-corrected chi connectivity index (χ4v) is 3.95. The molecule has 0 saturated carbocycles. The quantitative estimate of drug-likeness (QED) is 0.231. The summed E-state index contributed by atoms with van der Waals surface area (Å²) in [5, 5.41) is 30.5. The van der Waals surface area contributed by atoms with Crippen molar-refractivity contribution in [3.63, 3.8) is 0 Å². The topological polar surface area (TPSA) is 155 Å². The summed E-state index contributed by atoms with van der Waals surface area (Å²) in [4.78, 5) is 27.2. The number of fused-ring (bicyclic) bond motifs is 2. The van der Waals surface area contributed by atoms with Gasteiger partial charge in [0, 0.05) is 45.0 Å². The average molecular weight is 528 g/mol. The minimum absolute atomic E-state index is 0.0384. The number of amides is 2. The van der Waals surface area contributed by atoms with E-state index in [0.29, 0.717) is 49.7 Å². The minimum Gasteiger partial charge on any atom is -0.493 e. The van der Waals surface area contributed by atoms with Crippen molar-refractivity contribution in [3.8, 4) is 11.5 Å². The van der Waals surface area contributed by atoms with Gasteiger partial charge in [-0.05, 0) is 47.4 Å². The molecule has 0 fully saturated rings. The van der Waals surface area contributed by atoms with Crippen LogP contribution in [0.1, 0.15) is 42.4 Å². The average Bonchev–Trinajstić information content (AvgIpc) is 2.92. The maximum Gasteiger partial charge on any atom is 0.227 e. The number of aliphatic hydroxyl groups is 3. The van der Waals surface area contributed by atoms with Crippen LogP contribution < -0.4 is 25.4 Å². The number of carbonyl (C=O) groups excluding carboxylic acids is 2. The lowest BCUT2D eigenvalue weighted by atomic mass is 10.00. The van der Waals surface area contributed by atoms with E-state index in [9.17, 15) is 14.7 Å². The van der Waals surface area contributed by atoms with Crippen molar-refractivity contribution in [1.82, 2.24) is 5.32 Å². The summed E-state index contributed by atoms with van der Waals surface area (Å²) in [7, 11) is 0. The van der Waals surface area contributed by atoms with Crippen LogP contribution >= 0.6 is 0 Å². The highest BCUT2D eigenvalue weighted by atomic mass is 16.5. The molecule has 0 aromatic heterocycles. The zero-order chi connectivity index (χ0) is 27.3. The molecule has 0 aliphatic carbocycles. The second kappa shape index (κ2) is 15.1. The molecule has 0 bridgehead atoms. The normalized spacial score (nSPS) is 13.9. The van der Waals surface area contributed by atoms with Crippen LogP contribution in [0.4, 0.5) is 5.69 Å². The summed E-state index contributed by atoms with van der Waals surface area (Å²) in [5.41, 5.74) is 8.69.